The first-order valence-electron chi connectivity index (χ1n) is 9.65. The van der Waals surface area contributed by atoms with Crippen LogP contribution in [-0.2, 0) is 18.8 Å². The first-order chi connectivity index (χ1) is 11.5. The van der Waals surface area contributed by atoms with E-state index in [0.717, 1.165) is 6.29 Å². The van der Waals surface area contributed by atoms with Gasteiger partial charge in [-0.25, -0.2) is 0 Å². The van der Waals surface area contributed by atoms with Gasteiger partial charge in [0, 0.05) is 23.7 Å². The third kappa shape index (κ3) is 6.12. The number of carbonyl (C=O) groups excluding carboxylic acids is 3. The molecule has 0 aromatic carbocycles. The van der Waals surface area contributed by atoms with Crippen LogP contribution in [0, 0.1) is 23.2 Å². The van der Waals surface area contributed by atoms with Crippen molar-refractivity contribution < 1.29 is 18.8 Å². The van der Waals surface area contributed by atoms with Crippen molar-refractivity contribution in [1.82, 2.24) is 0 Å². The monoisotopic (exact) mass is 384 g/mol. The molecule has 0 aromatic rings. The average molecular weight is 385 g/mol. The number of rotatable bonds is 10. The number of aldehydes is 1. The molecular weight excluding hydrogens is 344 g/mol. The van der Waals surface area contributed by atoms with Crippen LogP contribution in [0.5, 0.6) is 0 Å². The smallest absolute Gasteiger partial charge is 0.192 e. The van der Waals surface area contributed by atoms with Gasteiger partial charge in [0.25, 0.3) is 0 Å². The summed E-state index contributed by atoms with van der Waals surface area (Å²) in [4.78, 5) is 36.3. The summed E-state index contributed by atoms with van der Waals surface area (Å²) in [5, 5.41) is -0.00589. The number of ketones is 2. The highest BCUT2D eigenvalue weighted by Gasteiger charge is 2.45. The fourth-order valence-corrected chi connectivity index (χ4v) is 4.38. The van der Waals surface area contributed by atoms with Crippen molar-refractivity contribution in [2.45, 2.75) is 93.0 Å². The van der Waals surface area contributed by atoms with E-state index in [9.17, 15) is 14.4 Å². The molecule has 0 unspecified atom stereocenters. The van der Waals surface area contributed by atoms with E-state index < -0.39 is 25.8 Å². The summed E-state index contributed by atoms with van der Waals surface area (Å²) in [5.74, 6) is -0.684. The molecule has 4 nitrogen and oxygen atoms in total. The normalized spacial score (nSPS) is 18.0. The van der Waals surface area contributed by atoms with Gasteiger partial charge in [-0.15, -0.1) is 0 Å². The Morgan fingerprint density at radius 1 is 1.04 bits per heavy atom. The van der Waals surface area contributed by atoms with Gasteiger partial charge in [-0.05, 0) is 31.0 Å². The molecule has 26 heavy (non-hydrogen) atoms. The molecule has 5 heteroatoms. The largest absolute Gasteiger partial charge is 0.413 e. The minimum atomic E-state index is -2.13. The summed E-state index contributed by atoms with van der Waals surface area (Å²) in [6.45, 7) is 21.7. The zero-order chi connectivity index (χ0) is 21.1. The van der Waals surface area contributed by atoms with Gasteiger partial charge in [-0.2, -0.15) is 0 Å². The maximum Gasteiger partial charge on any atom is 0.192 e. The summed E-state index contributed by atoms with van der Waals surface area (Å²) in [5.41, 5.74) is -0.650. The quantitative estimate of drug-likeness (QED) is 0.390. The van der Waals surface area contributed by atoms with Crippen molar-refractivity contribution >= 4 is 26.2 Å². The Labute approximate surface area is 161 Å². The Bertz CT molecular complexity index is 517. The molecular formula is C21H40O4Si. The summed E-state index contributed by atoms with van der Waals surface area (Å²) in [6.07, 6.45) is 0.820. The Balaban J connectivity index is 5.68. The molecule has 0 bridgehead atoms. The van der Waals surface area contributed by atoms with Gasteiger partial charge >= 0.3 is 0 Å². The summed E-state index contributed by atoms with van der Waals surface area (Å²) >= 11 is 0. The van der Waals surface area contributed by atoms with Crippen molar-refractivity contribution in [1.29, 1.82) is 0 Å². The van der Waals surface area contributed by atoms with E-state index in [1.807, 2.05) is 34.6 Å². The standard InChI is InChI=1S/C21H40O4Si/c1-14(13-22)18(25-26(10,11)20(5,6)7)17(4)19(24)21(8,9)15(2)12-16(3)23/h13-15,17-18H,12H2,1-11H3/t14-,15-,17+,18-/m0/s1. The number of hydrogen-bond acceptors (Lipinski definition) is 4. The first kappa shape index (κ1) is 25.2. The predicted molar refractivity (Wildman–Crippen MR) is 110 cm³/mol. The summed E-state index contributed by atoms with van der Waals surface area (Å²) < 4.78 is 6.51. The van der Waals surface area contributed by atoms with E-state index in [4.69, 9.17) is 4.43 Å². The van der Waals surface area contributed by atoms with E-state index in [1.165, 1.54) is 0 Å². The molecule has 0 radical (unpaired) electrons. The molecule has 0 saturated carbocycles. The maximum atomic E-state index is 13.3. The van der Waals surface area contributed by atoms with Gasteiger partial charge in [0.2, 0.25) is 0 Å². The lowest BCUT2D eigenvalue weighted by molar-refractivity contribution is -0.138. The van der Waals surface area contributed by atoms with Crippen molar-refractivity contribution in [3.63, 3.8) is 0 Å². The van der Waals surface area contributed by atoms with E-state index in [1.54, 1.807) is 6.92 Å². The second kappa shape index (κ2) is 8.92. The van der Waals surface area contributed by atoms with Crippen LogP contribution in [0.2, 0.25) is 18.1 Å². The lowest BCUT2D eigenvalue weighted by atomic mass is 9.69. The highest BCUT2D eigenvalue weighted by molar-refractivity contribution is 6.74. The Kier molecular flexibility index (Phi) is 8.64. The third-order valence-corrected chi connectivity index (χ3v) is 10.8. The topological polar surface area (TPSA) is 60.4 Å². The van der Waals surface area contributed by atoms with Gasteiger partial charge in [-0.1, -0.05) is 55.4 Å². The molecule has 152 valence electrons. The summed E-state index contributed by atoms with van der Waals surface area (Å²) in [6, 6.07) is 0. The molecule has 0 amide bonds. The lowest BCUT2D eigenvalue weighted by Crippen LogP contribution is -2.50. The Morgan fingerprint density at radius 3 is 1.85 bits per heavy atom. The molecule has 0 heterocycles. The maximum absolute atomic E-state index is 13.3. The molecule has 0 saturated heterocycles. The highest BCUT2D eigenvalue weighted by Crippen LogP contribution is 2.41. The molecule has 0 N–H and O–H groups in total. The van der Waals surface area contributed by atoms with Crippen LogP contribution in [0.15, 0.2) is 0 Å². The van der Waals surface area contributed by atoms with Crippen LogP contribution in [-0.4, -0.2) is 32.3 Å². The zero-order valence-corrected chi connectivity index (χ0v) is 19.7. The Morgan fingerprint density at radius 2 is 1.50 bits per heavy atom. The van der Waals surface area contributed by atoms with Crippen LogP contribution in [0.25, 0.3) is 0 Å². The predicted octanol–water partition coefficient (Wildman–Crippen LogP) is 5.06. The Hall–Kier alpha value is -0.813. The van der Waals surface area contributed by atoms with E-state index in [2.05, 4.69) is 33.9 Å². The van der Waals surface area contributed by atoms with Crippen LogP contribution in [0.1, 0.15) is 68.7 Å². The number of Topliss-reactive ketones (excluding diaryl/α,β-unsaturated/α-hetero) is 2. The van der Waals surface area contributed by atoms with E-state index in [-0.39, 0.29) is 28.4 Å². The molecule has 0 aliphatic carbocycles. The van der Waals surface area contributed by atoms with Crippen LogP contribution < -0.4 is 0 Å². The minimum Gasteiger partial charge on any atom is -0.413 e. The van der Waals surface area contributed by atoms with E-state index in [0.29, 0.717) is 6.42 Å². The highest BCUT2D eigenvalue weighted by atomic mass is 28.4. The van der Waals surface area contributed by atoms with Gasteiger partial charge in [0.15, 0.2) is 8.32 Å². The van der Waals surface area contributed by atoms with Gasteiger partial charge in [0.05, 0.1) is 6.10 Å². The molecule has 0 aliphatic heterocycles. The average Bonchev–Trinajstić information content (AvgIpc) is 2.48. The van der Waals surface area contributed by atoms with Crippen molar-refractivity contribution in [2.24, 2.45) is 23.2 Å². The second-order valence-corrected chi connectivity index (χ2v) is 14.8. The van der Waals surface area contributed by atoms with Crippen molar-refractivity contribution in [2.75, 3.05) is 0 Å². The first-order valence-corrected chi connectivity index (χ1v) is 12.6. The zero-order valence-electron chi connectivity index (χ0n) is 18.7. The number of hydrogen-bond donors (Lipinski definition) is 0. The molecule has 4 atom stereocenters. The fraction of sp³-hybridized carbons (Fsp3) is 0.857. The van der Waals surface area contributed by atoms with Crippen LogP contribution in [0.3, 0.4) is 0 Å². The third-order valence-electron chi connectivity index (χ3n) is 6.34. The van der Waals surface area contributed by atoms with Gasteiger partial charge in [-0.3, -0.25) is 4.79 Å². The molecule has 0 rings (SSSR count). The SMILES string of the molecule is CC(=O)C[C@H](C)C(C)(C)C(=O)[C@H](C)[C@@H](O[Si](C)(C)C(C)(C)C)[C@@H](C)C=O. The van der Waals surface area contributed by atoms with Crippen LogP contribution in [0.4, 0.5) is 0 Å². The lowest BCUT2D eigenvalue weighted by Gasteiger charge is -2.43. The van der Waals surface area contributed by atoms with Crippen molar-refractivity contribution in [3.8, 4) is 0 Å². The fourth-order valence-electron chi connectivity index (χ4n) is 2.92. The molecule has 0 aliphatic rings. The van der Waals surface area contributed by atoms with Crippen LogP contribution >= 0.6 is 0 Å². The molecule has 0 aromatic heterocycles. The van der Waals surface area contributed by atoms with Gasteiger partial charge < -0.3 is 14.0 Å². The second-order valence-electron chi connectivity index (χ2n) is 10.0. The van der Waals surface area contributed by atoms with E-state index >= 15 is 0 Å². The molecule has 0 fully saturated rings. The van der Waals surface area contributed by atoms with Gasteiger partial charge in [0.1, 0.15) is 17.9 Å². The number of carbonyl (C=O) groups is 3. The summed E-state index contributed by atoms with van der Waals surface area (Å²) in [7, 11) is -2.13. The minimum absolute atomic E-state index is 0.00589. The molecule has 0 spiro atoms. The van der Waals surface area contributed by atoms with Crippen molar-refractivity contribution in [3.05, 3.63) is 0 Å².